The summed E-state index contributed by atoms with van der Waals surface area (Å²) < 4.78 is 0. The van der Waals surface area contributed by atoms with Gasteiger partial charge in [0.2, 0.25) is 0 Å². The van der Waals surface area contributed by atoms with Crippen molar-refractivity contribution in [2.75, 3.05) is 0 Å². The molecular weight excluding hydrogens is 701 g/mol. The Morgan fingerprint density at radius 3 is 1.11 bits per heavy atom. The third kappa shape index (κ3) is 7.43. The molecule has 0 saturated carbocycles. The van der Waals surface area contributed by atoms with Gasteiger partial charge in [0.25, 0.3) is 0 Å². The van der Waals surface area contributed by atoms with E-state index in [0.717, 1.165) is 9.52 Å². The fourth-order valence-electron chi connectivity index (χ4n) is 10.5. The minimum Gasteiger partial charge on any atom is -0.0655 e. The van der Waals surface area contributed by atoms with E-state index in [9.17, 15) is 0 Å². The van der Waals surface area contributed by atoms with Gasteiger partial charge in [0.1, 0.15) is 0 Å². The van der Waals surface area contributed by atoms with Crippen LogP contribution in [0.5, 0.6) is 0 Å². The molecule has 57 heavy (non-hydrogen) atoms. The molecule has 0 saturated heterocycles. The van der Waals surface area contributed by atoms with Crippen LogP contribution in [0, 0.1) is 0 Å². The Morgan fingerprint density at radius 1 is 0.456 bits per heavy atom. The minimum atomic E-state index is 0.102. The van der Waals surface area contributed by atoms with Crippen LogP contribution in [0.25, 0.3) is 34.4 Å². The summed E-state index contributed by atoms with van der Waals surface area (Å²) in [5, 5.41) is 0. The van der Waals surface area contributed by atoms with Crippen molar-refractivity contribution in [1.82, 2.24) is 0 Å². The highest BCUT2D eigenvalue weighted by Gasteiger charge is 2.34. The van der Waals surface area contributed by atoms with E-state index in [4.69, 9.17) is 0 Å². The van der Waals surface area contributed by atoms with Gasteiger partial charge < -0.3 is 0 Å². The second kappa shape index (κ2) is 14.1. The maximum Gasteiger partial charge on any atom is 0.0397 e. The molecule has 0 fully saturated rings. The molecule has 0 amide bonds. The number of hydrogen-bond acceptors (Lipinski definition) is 0. The number of hydrogen-bond donors (Lipinski definition) is 0. The lowest BCUT2D eigenvalue weighted by Crippen LogP contribution is -2.16. The fraction of sp³-hybridized carbons (Fsp3) is 0.500. The molecule has 4 aliphatic carbocycles. The summed E-state index contributed by atoms with van der Waals surface area (Å²) in [6.07, 6.45) is 12.6. The van der Waals surface area contributed by atoms with E-state index < -0.39 is 0 Å². The lowest BCUT2D eigenvalue weighted by atomic mass is 9.77. The lowest BCUT2D eigenvalue weighted by Gasteiger charge is -2.27. The summed E-state index contributed by atoms with van der Waals surface area (Å²) in [6.45, 7) is 33.4. The first-order chi connectivity index (χ1) is 26.6. The van der Waals surface area contributed by atoms with Crippen molar-refractivity contribution in [1.29, 1.82) is 0 Å². The molecule has 0 aromatic heterocycles. The molecule has 0 N–H and O–H groups in total. The molecule has 1 heteroatoms. The van der Waals surface area contributed by atoms with Crippen LogP contribution in [0.4, 0.5) is 0 Å². The summed E-state index contributed by atoms with van der Waals surface area (Å²) in [6, 6.07) is 23.0. The van der Waals surface area contributed by atoms with Crippen molar-refractivity contribution in [2.45, 2.75) is 181 Å². The van der Waals surface area contributed by atoms with Gasteiger partial charge >= 0.3 is 0 Å². The molecule has 0 aliphatic heterocycles. The van der Waals surface area contributed by atoms with E-state index >= 15 is 0 Å². The molecular formula is C56H70Si. The first-order valence-electron chi connectivity index (χ1n) is 22.4. The van der Waals surface area contributed by atoms with Crippen molar-refractivity contribution < 1.29 is 0 Å². The van der Waals surface area contributed by atoms with Gasteiger partial charge in [-0.1, -0.05) is 167 Å². The zero-order chi connectivity index (χ0) is 41.0. The lowest BCUT2D eigenvalue weighted by molar-refractivity contribution is 0.568. The van der Waals surface area contributed by atoms with Crippen LogP contribution in [-0.2, 0) is 47.3 Å². The van der Waals surface area contributed by atoms with Gasteiger partial charge in [-0.05, 0) is 163 Å². The van der Waals surface area contributed by atoms with Crippen molar-refractivity contribution in [3.63, 3.8) is 0 Å². The van der Waals surface area contributed by atoms with Crippen LogP contribution in [0.3, 0.4) is 0 Å². The summed E-state index contributed by atoms with van der Waals surface area (Å²) >= 11 is 0. The molecule has 0 heterocycles. The zero-order valence-electron chi connectivity index (χ0n) is 38.1. The fourth-order valence-corrected chi connectivity index (χ4v) is 12.3. The van der Waals surface area contributed by atoms with Gasteiger partial charge in [0, 0.05) is 21.4 Å². The second-order valence-corrected chi connectivity index (χ2v) is 23.9. The minimum absolute atomic E-state index is 0.102. The SMILES string of the molecule is CC1=Cc2c(cc3c(c2-c2cc(C(C)(C)C)cc(C(C)(C)C)c2)CCC3)C1C[Si]CC1C(C)=Cc2c1cc1c(c2-c2cc(C(C)(C)C)cc(C(C)(C)C)c2)CCC1. The number of rotatable bonds is 6. The van der Waals surface area contributed by atoms with Gasteiger partial charge in [-0.25, -0.2) is 0 Å². The standard InChI is InChI=1S/C56H70Si/c1-33-21-47-45(27-35-17-15-19-43(35)51(47)37-23-39(53(3,4)5)29-40(24-37)54(6,7)8)49(33)31-57-32-50-34(2)22-48-46(50)28-36-18-16-20-44(36)52(48)38-25-41(55(9,10)11)30-42(26-38)56(12,13)14/h21-30,49-50H,15-20,31-32H2,1-14H3. The topological polar surface area (TPSA) is 0 Å². The predicted octanol–water partition coefficient (Wildman–Crippen LogP) is 15.4. The smallest absolute Gasteiger partial charge is 0.0397 e. The first-order valence-corrected chi connectivity index (χ1v) is 23.8. The van der Waals surface area contributed by atoms with Crippen LogP contribution in [-0.4, -0.2) is 9.52 Å². The maximum atomic E-state index is 2.66. The molecule has 2 atom stereocenters. The van der Waals surface area contributed by atoms with Crippen molar-refractivity contribution in [2.24, 2.45) is 0 Å². The van der Waals surface area contributed by atoms with E-state index in [0.29, 0.717) is 11.8 Å². The van der Waals surface area contributed by atoms with Crippen LogP contribution in [0.15, 0.2) is 59.7 Å². The van der Waals surface area contributed by atoms with Crippen molar-refractivity contribution >= 4 is 21.7 Å². The van der Waals surface area contributed by atoms with Crippen molar-refractivity contribution in [3.8, 4) is 22.3 Å². The molecule has 0 nitrogen and oxygen atoms in total. The summed E-state index contributed by atoms with van der Waals surface area (Å²) in [4.78, 5) is 0. The van der Waals surface area contributed by atoms with E-state index in [1.54, 1.807) is 55.7 Å². The number of fused-ring (bicyclic) bond motifs is 4. The van der Waals surface area contributed by atoms with Crippen LogP contribution in [0.2, 0.25) is 12.1 Å². The number of benzene rings is 4. The van der Waals surface area contributed by atoms with E-state index in [2.05, 4.69) is 158 Å². The number of allylic oxidation sites excluding steroid dienone is 2. The van der Waals surface area contributed by atoms with E-state index in [-0.39, 0.29) is 21.7 Å². The average molecular weight is 771 g/mol. The Kier molecular flexibility index (Phi) is 9.99. The molecule has 4 aromatic carbocycles. The quantitative estimate of drug-likeness (QED) is 0.171. The maximum absolute atomic E-state index is 2.66. The highest BCUT2D eigenvalue weighted by Crippen LogP contribution is 2.51. The molecule has 4 aliphatic rings. The molecule has 8 rings (SSSR count). The molecule has 2 radical (unpaired) electrons. The largest absolute Gasteiger partial charge is 0.0655 e. The molecule has 0 spiro atoms. The van der Waals surface area contributed by atoms with Crippen LogP contribution >= 0.6 is 0 Å². The number of aryl methyl sites for hydroxylation is 2. The third-order valence-corrected chi connectivity index (χ3v) is 15.5. The summed E-state index contributed by atoms with van der Waals surface area (Å²) in [5.41, 5.74) is 28.1. The zero-order valence-corrected chi connectivity index (χ0v) is 39.1. The Bertz CT molecular complexity index is 2100. The summed E-state index contributed by atoms with van der Waals surface area (Å²) in [5.74, 6) is 1.04. The molecule has 298 valence electrons. The Labute approximate surface area is 349 Å². The Hall–Kier alpha value is -3.42. The molecule has 4 aromatic rings. The van der Waals surface area contributed by atoms with Gasteiger partial charge in [0.05, 0.1) is 0 Å². The van der Waals surface area contributed by atoms with Gasteiger partial charge in [-0.15, -0.1) is 0 Å². The molecule has 0 bridgehead atoms. The second-order valence-electron chi connectivity index (χ2n) is 22.6. The normalized spacial score (nSPS) is 19.1. The van der Waals surface area contributed by atoms with Gasteiger partial charge in [0.15, 0.2) is 0 Å². The average Bonchev–Trinajstić information content (AvgIpc) is 3.90. The monoisotopic (exact) mass is 771 g/mol. The van der Waals surface area contributed by atoms with Crippen LogP contribution in [0.1, 0.15) is 188 Å². The van der Waals surface area contributed by atoms with E-state index in [1.807, 2.05) is 0 Å². The summed E-state index contributed by atoms with van der Waals surface area (Å²) in [7, 11) is 0.923. The van der Waals surface area contributed by atoms with Crippen LogP contribution < -0.4 is 0 Å². The Balaban J connectivity index is 1.13. The Morgan fingerprint density at radius 2 is 0.789 bits per heavy atom. The highest BCUT2D eigenvalue weighted by molar-refractivity contribution is 6.36. The molecule has 2 unspecified atom stereocenters. The first kappa shape index (κ1) is 40.4. The predicted molar refractivity (Wildman–Crippen MR) is 251 cm³/mol. The van der Waals surface area contributed by atoms with E-state index in [1.165, 1.54) is 95.1 Å². The van der Waals surface area contributed by atoms with Gasteiger partial charge in [-0.3, -0.25) is 0 Å². The van der Waals surface area contributed by atoms with Gasteiger partial charge in [-0.2, -0.15) is 0 Å². The van der Waals surface area contributed by atoms with Crippen molar-refractivity contribution in [3.05, 3.63) is 126 Å². The highest BCUT2D eigenvalue weighted by atomic mass is 28.2. The third-order valence-electron chi connectivity index (χ3n) is 14.1.